The minimum Gasteiger partial charge on any atom is -0.355 e. The van der Waals surface area contributed by atoms with Crippen LogP contribution in [0.5, 0.6) is 0 Å². The second-order valence-corrected chi connectivity index (χ2v) is 8.21. The Morgan fingerprint density at radius 1 is 1.19 bits per heavy atom. The van der Waals surface area contributed by atoms with E-state index in [1.165, 1.54) is 0 Å². The van der Waals surface area contributed by atoms with E-state index in [0.29, 0.717) is 30.1 Å². The van der Waals surface area contributed by atoms with Gasteiger partial charge in [-0.15, -0.1) is 10.2 Å². The number of benzene rings is 1. The first-order valence-corrected chi connectivity index (χ1v) is 10.8. The fourth-order valence-corrected chi connectivity index (χ4v) is 3.63. The molecule has 0 saturated heterocycles. The van der Waals surface area contributed by atoms with E-state index < -0.39 is 22.9 Å². The first kappa shape index (κ1) is 23.9. The monoisotopic (exact) mass is 488 g/mol. The molecule has 2 heterocycles. The quantitative estimate of drug-likeness (QED) is 0.405. The van der Waals surface area contributed by atoms with Crippen molar-refractivity contribution in [1.29, 1.82) is 0 Å². The summed E-state index contributed by atoms with van der Waals surface area (Å²) in [4.78, 5) is 21.3. The molecule has 14 heteroatoms. The highest BCUT2D eigenvalue weighted by Crippen LogP contribution is 2.34. The maximum Gasteiger partial charge on any atom is 0.416 e. The van der Waals surface area contributed by atoms with Crippen LogP contribution < -0.4 is 16.0 Å². The topological polar surface area (TPSA) is 109 Å². The number of aromatic nitrogens is 5. The van der Waals surface area contributed by atoms with Gasteiger partial charge in [0.25, 0.3) is 5.78 Å². The van der Waals surface area contributed by atoms with Crippen LogP contribution in [-0.4, -0.2) is 48.8 Å². The van der Waals surface area contributed by atoms with E-state index in [-0.39, 0.29) is 16.5 Å². The van der Waals surface area contributed by atoms with Crippen molar-refractivity contribution < 1.29 is 18.0 Å². The summed E-state index contributed by atoms with van der Waals surface area (Å²) in [6.07, 6.45) is -4.56. The number of nitrogens with one attached hydrogen (secondary N) is 3. The van der Waals surface area contributed by atoms with Gasteiger partial charge in [0.2, 0.25) is 23.0 Å². The lowest BCUT2D eigenvalue weighted by Gasteiger charge is -2.15. The predicted molar refractivity (Wildman–Crippen MR) is 117 cm³/mol. The largest absolute Gasteiger partial charge is 0.416 e. The molecular weight excluding hydrogens is 469 g/mol. The fourth-order valence-electron chi connectivity index (χ4n) is 2.62. The number of hydrogen-bond acceptors (Lipinski definition) is 8. The van der Waals surface area contributed by atoms with Crippen molar-refractivity contribution in [3.63, 3.8) is 0 Å². The number of rotatable bonds is 8. The predicted octanol–water partition coefficient (Wildman–Crippen LogP) is 4.17. The molecule has 0 saturated carbocycles. The van der Waals surface area contributed by atoms with Gasteiger partial charge in [-0.1, -0.05) is 23.4 Å². The van der Waals surface area contributed by atoms with E-state index in [9.17, 15) is 18.0 Å². The molecule has 1 atom stereocenters. The van der Waals surface area contributed by atoms with Crippen molar-refractivity contribution in [3.8, 4) is 0 Å². The number of halogens is 4. The fraction of sp³-hybridized carbons (Fsp3) is 0.389. The van der Waals surface area contributed by atoms with E-state index in [4.69, 9.17) is 11.6 Å². The molecule has 3 N–H and O–H groups in total. The maximum absolute atomic E-state index is 13.0. The third-order valence-electron chi connectivity index (χ3n) is 4.12. The average molecular weight is 489 g/mol. The van der Waals surface area contributed by atoms with Crippen LogP contribution in [0.25, 0.3) is 5.78 Å². The summed E-state index contributed by atoms with van der Waals surface area (Å²) < 4.78 is 40.5. The van der Waals surface area contributed by atoms with Gasteiger partial charge in [-0.25, -0.2) is 4.40 Å². The van der Waals surface area contributed by atoms with E-state index in [1.807, 2.05) is 13.8 Å². The number of hydrogen-bond donors (Lipinski definition) is 3. The molecule has 0 spiro atoms. The summed E-state index contributed by atoms with van der Waals surface area (Å²) in [6, 6.07) is 2.73. The molecular formula is C18H20ClF3N8OS. The Kier molecular flexibility index (Phi) is 7.29. The Balaban J connectivity index is 1.83. The number of thioether (sulfide) groups is 1. The Bertz CT molecular complexity index is 1120. The van der Waals surface area contributed by atoms with Crippen LogP contribution >= 0.6 is 23.4 Å². The summed E-state index contributed by atoms with van der Waals surface area (Å²) in [6.45, 7) is 6.58. The number of nitrogens with zero attached hydrogens (tertiary/aromatic N) is 5. The number of amides is 1. The van der Waals surface area contributed by atoms with Crippen LogP contribution in [0, 0.1) is 0 Å². The van der Waals surface area contributed by atoms with Crippen LogP contribution in [-0.2, 0) is 11.0 Å². The highest BCUT2D eigenvalue weighted by Gasteiger charge is 2.31. The molecule has 1 amide bonds. The SMILES string of the molecule is CCNc1nc(NCC)n2c(S[C@@H](C)C(=O)Nc3cc(C(F)(F)F)ccc3Cl)nnc2n1. The van der Waals surface area contributed by atoms with Gasteiger partial charge in [-0.2, -0.15) is 23.1 Å². The van der Waals surface area contributed by atoms with E-state index >= 15 is 0 Å². The van der Waals surface area contributed by atoms with E-state index in [2.05, 4.69) is 36.1 Å². The van der Waals surface area contributed by atoms with Crippen molar-refractivity contribution in [1.82, 2.24) is 24.6 Å². The van der Waals surface area contributed by atoms with Gasteiger partial charge in [-0.3, -0.25) is 4.79 Å². The second-order valence-electron chi connectivity index (χ2n) is 6.49. The molecule has 0 fully saturated rings. The Labute approximate surface area is 190 Å². The number of fused-ring (bicyclic) bond motifs is 1. The molecule has 0 aliphatic heterocycles. The Hall–Kier alpha value is -2.80. The van der Waals surface area contributed by atoms with E-state index in [0.717, 1.165) is 30.0 Å². The van der Waals surface area contributed by atoms with Crippen molar-refractivity contribution in [2.24, 2.45) is 0 Å². The number of alkyl halides is 3. The van der Waals surface area contributed by atoms with Gasteiger partial charge in [-0.05, 0) is 39.0 Å². The highest BCUT2D eigenvalue weighted by molar-refractivity contribution is 8.00. The minimum absolute atomic E-state index is 0.00439. The van der Waals surface area contributed by atoms with Crippen molar-refractivity contribution >= 4 is 52.6 Å². The third kappa shape index (κ3) is 5.33. The van der Waals surface area contributed by atoms with Gasteiger partial charge in [0.05, 0.1) is 21.5 Å². The summed E-state index contributed by atoms with van der Waals surface area (Å²) in [7, 11) is 0. The van der Waals surface area contributed by atoms with E-state index in [1.54, 1.807) is 11.3 Å². The van der Waals surface area contributed by atoms with Crippen LogP contribution in [0.3, 0.4) is 0 Å². The minimum atomic E-state index is -4.56. The zero-order valence-corrected chi connectivity index (χ0v) is 18.9. The molecule has 0 aliphatic carbocycles. The molecule has 0 unspecified atom stereocenters. The molecule has 3 aromatic rings. The van der Waals surface area contributed by atoms with Gasteiger partial charge in [0, 0.05) is 13.1 Å². The van der Waals surface area contributed by atoms with Gasteiger partial charge < -0.3 is 16.0 Å². The lowest BCUT2D eigenvalue weighted by molar-refractivity contribution is -0.137. The molecule has 2 aromatic heterocycles. The zero-order chi connectivity index (χ0) is 23.5. The van der Waals surface area contributed by atoms with Gasteiger partial charge in [0.15, 0.2) is 0 Å². The smallest absolute Gasteiger partial charge is 0.355 e. The summed E-state index contributed by atoms with van der Waals surface area (Å²) in [5.41, 5.74) is -1.04. The van der Waals surface area contributed by atoms with Gasteiger partial charge in [0.1, 0.15) is 0 Å². The normalized spacial score (nSPS) is 12.6. The second kappa shape index (κ2) is 9.77. The van der Waals surface area contributed by atoms with Crippen LogP contribution in [0.1, 0.15) is 26.3 Å². The number of anilines is 3. The third-order valence-corrected chi connectivity index (χ3v) is 5.49. The first-order chi connectivity index (χ1) is 15.1. The summed E-state index contributed by atoms with van der Waals surface area (Å²) in [5.74, 6) is 0.547. The summed E-state index contributed by atoms with van der Waals surface area (Å²) >= 11 is 7.02. The molecule has 0 radical (unpaired) electrons. The molecule has 3 rings (SSSR count). The van der Waals surface area contributed by atoms with Crippen molar-refractivity contribution in [3.05, 3.63) is 28.8 Å². The molecule has 1 aromatic carbocycles. The lowest BCUT2D eigenvalue weighted by Crippen LogP contribution is -2.23. The van der Waals surface area contributed by atoms with Crippen LogP contribution in [0.15, 0.2) is 23.4 Å². The highest BCUT2D eigenvalue weighted by atomic mass is 35.5. The average Bonchev–Trinajstić information content (AvgIpc) is 3.12. The molecule has 9 nitrogen and oxygen atoms in total. The van der Waals surface area contributed by atoms with Crippen molar-refractivity contribution in [2.45, 2.75) is 37.4 Å². The molecule has 0 aliphatic rings. The number of carbonyl (C=O) groups is 1. The molecule has 172 valence electrons. The standard InChI is InChI=1S/C18H20ClF3N8OS/c1-4-23-14-26-15(24-5-2)30-16(27-14)28-29-17(30)32-9(3)13(31)25-12-8-10(18(20,21)22)6-7-11(12)19/h6-9H,4-5H2,1-3H3,(H,25,31)(H2,23,24,26,27,28)/t9-/m0/s1. The Morgan fingerprint density at radius 2 is 1.91 bits per heavy atom. The first-order valence-electron chi connectivity index (χ1n) is 9.59. The summed E-state index contributed by atoms with van der Waals surface area (Å²) in [5, 5.41) is 16.3. The Morgan fingerprint density at radius 3 is 2.56 bits per heavy atom. The molecule has 32 heavy (non-hydrogen) atoms. The van der Waals surface area contributed by atoms with Crippen molar-refractivity contribution in [2.75, 3.05) is 29.0 Å². The van der Waals surface area contributed by atoms with Crippen LogP contribution in [0.2, 0.25) is 5.02 Å². The van der Waals surface area contributed by atoms with Gasteiger partial charge >= 0.3 is 6.18 Å². The lowest BCUT2D eigenvalue weighted by atomic mass is 10.2. The number of carbonyl (C=O) groups excluding carboxylic acids is 1. The molecule has 0 bridgehead atoms. The maximum atomic E-state index is 13.0. The zero-order valence-electron chi connectivity index (χ0n) is 17.3. The van der Waals surface area contributed by atoms with Crippen LogP contribution in [0.4, 0.5) is 30.8 Å².